The third kappa shape index (κ3) is 4.34. The molecule has 2 amide bonds. The van der Waals surface area contributed by atoms with Gasteiger partial charge in [-0.3, -0.25) is 4.79 Å². The Labute approximate surface area is 139 Å². The molecule has 1 aromatic carbocycles. The van der Waals surface area contributed by atoms with Crippen molar-refractivity contribution in [3.05, 3.63) is 36.0 Å². The summed E-state index contributed by atoms with van der Waals surface area (Å²) >= 11 is 0. The van der Waals surface area contributed by atoms with Crippen LogP contribution in [0.4, 0.5) is 4.79 Å². The van der Waals surface area contributed by atoms with Gasteiger partial charge < -0.3 is 20.8 Å². The van der Waals surface area contributed by atoms with Crippen molar-refractivity contribution in [3.63, 3.8) is 0 Å². The molecule has 4 N–H and O–H groups in total. The normalized spacial score (nSPS) is 12.1. The topological polar surface area (TPSA) is 114 Å². The molecule has 0 spiro atoms. The van der Waals surface area contributed by atoms with Gasteiger partial charge in [-0.15, -0.1) is 0 Å². The number of amides is 2. The van der Waals surface area contributed by atoms with Gasteiger partial charge in [-0.1, -0.05) is 32.0 Å². The van der Waals surface area contributed by atoms with Crippen molar-refractivity contribution in [2.45, 2.75) is 26.3 Å². The Bertz CT molecular complexity index is 751. The van der Waals surface area contributed by atoms with Crippen LogP contribution >= 0.6 is 0 Å². The maximum atomic E-state index is 12.3. The zero-order valence-corrected chi connectivity index (χ0v) is 13.7. The number of hydrogen-bond acceptors (Lipinski definition) is 4. The first kappa shape index (κ1) is 17.5. The molecule has 128 valence electrons. The van der Waals surface area contributed by atoms with Gasteiger partial charge in [-0.05, 0) is 18.4 Å². The second-order valence-corrected chi connectivity index (χ2v) is 5.97. The quantitative estimate of drug-likeness (QED) is 0.531. The number of nitrogens with one attached hydrogen (secondary N) is 2. The first-order valence-electron chi connectivity index (χ1n) is 7.70. The van der Waals surface area contributed by atoms with Crippen LogP contribution in [0.3, 0.4) is 0 Å². The van der Waals surface area contributed by atoms with E-state index in [0.717, 1.165) is 10.9 Å². The molecule has 2 aromatic rings. The van der Waals surface area contributed by atoms with E-state index >= 15 is 0 Å². The van der Waals surface area contributed by atoms with E-state index in [2.05, 4.69) is 10.3 Å². The average Bonchev–Trinajstić information content (AvgIpc) is 2.94. The summed E-state index contributed by atoms with van der Waals surface area (Å²) in [6.07, 6.45) is 1.97. The molecule has 24 heavy (non-hydrogen) atoms. The van der Waals surface area contributed by atoms with Crippen molar-refractivity contribution in [2.75, 3.05) is 6.61 Å². The number of urea groups is 1. The number of Topliss-reactive ketones (excluding diaryl/α,β-unsaturated/α-hetero) is 1. The van der Waals surface area contributed by atoms with Gasteiger partial charge in [0.1, 0.15) is 6.04 Å². The highest BCUT2D eigenvalue weighted by atomic mass is 16.5. The van der Waals surface area contributed by atoms with E-state index in [1.54, 1.807) is 6.20 Å². The highest BCUT2D eigenvalue weighted by Crippen LogP contribution is 2.18. The lowest BCUT2D eigenvalue weighted by Crippen LogP contribution is -2.45. The minimum Gasteiger partial charge on any atom is -0.456 e. The molecule has 0 bridgehead atoms. The largest absolute Gasteiger partial charge is 0.456 e. The molecule has 0 radical (unpaired) electrons. The third-order valence-electron chi connectivity index (χ3n) is 3.54. The lowest BCUT2D eigenvalue weighted by Gasteiger charge is -2.17. The van der Waals surface area contributed by atoms with E-state index in [-0.39, 0.29) is 11.7 Å². The lowest BCUT2D eigenvalue weighted by molar-refractivity contribution is -0.145. The van der Waals surface area contributed by atoms with Crippen LogP contribution in [0.5, 0.6) is 0 Å². The van der Waals surface area contributed by atoms with Crippen molar-refractivity contribution in [3.8, 4) is 0 Å². The summed E-state index contributed by atoms with van der Waals surface area (Å²) < 4.78 is 5.07. The number of benzene rings is 1. The molecule has 2 rings (SSSR count). The molecule has 7 nitrogen and oxygen atoms in total. The molecular formula is C17H21N3O4. The SMILES string of the molecule is CC(C)C[C@H](NC(N)=O)C(=O)OCC(=O)c1c[nH]c2ccccc12. The number of nitrogens with two attached hydrogens (primary N) is 1. The molecule has 0 saturated heterocycles. The standard InChI is InChI=1S/C17H21N3O4/c1-10(2)7-14(20-17(18)23)16(22)24-9-15(21)12-8-19-13-6-4-3-5-11(12)13/h3-6,8,10,14,19H,7,9H2,1-2H3,(H3,18,20,23)/t14-/m0/s1. The minimum atomic E-state index is -0.863. The first-order chi connectivity index (χ1) is 11.4. The van der Waals surface area contributed by atoms with Gasteiger partial charge in [0.05, 0.1) is 0 Å². The van der Waals surface area contributed by atoms with Gasteiger partial charge >= 0.3 is 12.0 Å². The summed E-state index contributed by atoms with van der Waals surface area (Å²) in [6.45, 7) is 3.41. The van der Waals surface area contributed by atoms with Crippen LogP contribution in [0.15, 0.2) is 30.5 Å². The number of primary amides is 1. The number of carbonyl (C=O) groups is 3. The molecule has 0 aliphatic rings. The van der Waals surface area contributed by atoms with Crippen LogP contribution in [-0.4, -0.2) is 35.4 Å². The maximum absolute atomic E-state index is 12.3. The van der Waals surface area contributed by atoms with Crippen molar-refractivity contribution >= 4 is 28.7 Å². The van der Waals surface area contributed by atoms with E-state index < -0.39 is 24.6 Å². The fraction of sp³-hybridized carbons (Fsp3) is 0.353. The van der Waals surface area contributed by atoms with Crippen LogP contribution in [-0.2, 0) is 9.53 Å². The Hall–Kier alpha value is -2.83. The zero-order valence-electron chi connectivity index (χ0n) is 13.7. The first-order valence-corrected chi connectivity index (χ1v) is 7.70. The van der Waals surface area contributed by atoms with E-state index in [1.165, 1.54) is 0 Å². The Kier molecular flexibility index (Phi) is 5.57. The highest BCUT2D eigenvalue weighted by molar-refractivity contribution is 6.08. The number of ketones is 1. The van der Waals surface area contributed by atoms with Crippen LogP contribution in [0, 0.1) is 5.92 Å². The maximum Gasteiger partial charge on any atom is 0.329 e. The number of fused-ring (bicyclic) bond motifs is 1. The zero-order chi connectivity index (χ0) is 17.7. The van der Waals surface area contributed by atoms with Crippen LogP contribution in [0.25, 0.3) is 10.9 Å². The monoisotopic (exact) mass is 331 g/mol. The van der Waals surface area contributed by atoms with E-state index in [0.29, 0.717) is 12.0 Å². The van der Waals surface area contributed by atoms with Crippen LogP contribution < -0.4 is 11.1 Å². The summed E-state index contributed by atoms with van der Waals surface area (Å²) in [5.41, 5.74) is 6.37. The number of ether oxygens (including phenoxy) is 1. The molecule has 1 aromatic heterocycles. The number of aromatic nitrogens is 1. The number of aromatic amines is 1. The number of para-hydroxylation sites is 1. The van der Waals surface area contributed by atoms with Crippen molar-refractivity contribution in [1.29, 1.82) is 0 Å². The van der Waals surface area contributed by atoms with Crippen molar-refractivity contribution in [2.24, 2.45) is 11.7 Å². The number of rotatable bonds is 7. The van der Waals surface area contributed by atoms with Crippen LogP contribution in [0.1, 0.15) is 30.6 Å². The molecular weight excluding hydrogens is 310 g/mol. The van der Waals surface area contributed by atoms with E-state index in [1.807, 2.05) is 38.1 Å². The molecule has 7 heteroatoms. The summed E-state index contributed by atoms with van der Waals surface area (Å²) in [7, 11) is 0. The Morgan fingerprint density at radius 2 is 1.96 bits per heavy atom. The van der Waals surface area contributed by atoms with Crippen LogP contribution in [0.2, 0.25) is 0 Å². The van der Waals surface area contributed by atoms with Gasteiger partial charge in [0.2, 0.25) is 5.78 Å². The number of H-pyrrole nitrogens is 1. The van der Waals surface area contributed by atoms with Gasteiger partial charge in [-0.2, -0.15) is 0 Å². The average molecular weight is 331 g/mol. The smallest absolute Gasteiger partial charge is 0.329 e. The molecule has 0 saturated carbocycles. The highest BCUT2D eigenvalue weighted by Gasteiger charge is 2.24. The third-order valence-corrected chi connectivity index (χ3v) is 3.54. The predicted molar refractivity (Wildman–Crippen MR) is 89.6 cm³/mol. The summed E-state index contributed by atoms with van der Waals surface area (Å²) in [6, 6.07) is 5.69. The molecule has 1 heterocycles. The minimum absolute atomic E-state index is 0.152. The van der Waals surface area contributed by atoms with Gasteiger partial charge in [0.15, 0.2) is 6.61 Å². The van der Waals surface area contributed by atoms with Gasteiger partial charge in [0, 0.05) is 22.7 Å². The molecule has 0 aliphatic carbocycles. The molecule has 0 unspecified atom stereocenters. The van der Waals surface area contributed by atoms with E-state index in [9.17, 15) is 14.4 Å². The fourth-order valence-electron chi connectivity index (χ4n) is 2.47. The fourth-order valence-corrected chi connectivity index (χ4v) is 2.47. The van der Waals surface area contributed by atoms with Crippen molar-refractivity contribution < 1.29 is 19.1 Å². The Balaban J connectivity index is 2.01. The van der Waals surface area contributed by atoms with Gasteiger partial charge in [-0.25, -0.2) is 9.59 Å². The second kappa shape index (κ2) is 7.63. The molecule has 0 aliphatic heterocycles. The molecule has 0 fully saturated rings. The van der Waals surface area contributed by atoms with Crippen molar-refractivity contribution in [1.82, 2.24) is 10.3 Å². The van der Waals surface area contributed by atoms with E-state index in [4.69, 9.17) is 10.5 Å². The number of esters is 1. The van der Waals surface area contributed by atoms with Gasteiger partial charge in [0.25, 0.3) is 0 Å². The number of hydrogen-bond donors (Lipinski definition) is 3. The summed E-state index contributed by atoms with van der Waals surface area (Å²) in [4.78, 5) is 38.4. The summed E-state index contributed by atoms with van der Waals surface area (Å²) in [5.74, 6) is -0.836. The molecule has 1 atom stereocenters. The Morgan fingerprint density at radius 1 is 1.25 bits per heavy atom. The second-order valence-electron chi connectivity index (χ2n) is 5.97. The predicted octanol–water partition coefficient (Wildman–Crippen LogP) is 1.98. The number of carbonyl (C=O) groups excluding carboxylic acids is 3. The summed E-state index contributed by atoms with van der Waals surface area (Å²) in [5, 5.41) is 3.12. The Morgan fingerprint density at radius 3 is 2.62 bits per heavy atom. The lowest BCUT2D eigenvalue weighted by atomic mass is 10.0.